The van der Waals surface area contributed by atoms with Gasteiger partial charge in [-0.1, -0.05) is 36.8 Å². The molecule has 0 atom stereocenters. The van der Waals surface area contributed by atoms with Gasteiger partial charge in [-0.15, -0.1) is 0 Å². The van der Waals surface area contributed by atoms with Gasteiger partial charge < -0.3 is 11.1 Å². The first-order valence-electron chi connectivity index (χ1n) is 7.10. The number of hydrogen-bond acceptors (Lipinski definition) is 2. The lowest BCUT2D eigenvalue weighted by Crippen LogP contribution is -2.53. The Labute approximate surface area is 115 Å². The molecule has 0 aliphatic heterocycles. The lowest BCUT2D eigenvalue weighted by Gasteiger charge is -2.44. The average molecular weight is 260 g/mol. The van der Waals surface area contributed by atoms with E-state index in [2.05, 4.69) is 43.4 Å². The van der Waals surface area contributed by atoms with Crippen LogP contribution in [0.25, 0.3) is 0 Å². The fraction of sp³-hybridized carbons (Fsp3) is 0.562. The van der Waals surface area contributed by atoms with Crippen molar-refractivity contribution >= 4 is 5.91 Å². The molecule has 0 unspecified atom stereocenters. The number of hydrogen-bond donors (Lipinski definition) is 2. The molecule has 3 heteroatoms. The first kappa shape index (κ1) is 14.1. The Hall–Kier alpha value is -1.35. The Balaban J connectivity index is 1.81. The zero-order valence-electron chi connectivity index (χ0n) is 11.9. The summed E-state index contributed by atoms with van der Waals surface area (Å²) in [5, 5.41) is 3.05. The van der Waals surface area contributed by atoms with Crippen molar-refractivity contribution in [3.63, 3.8) is 0 Å². The van der Waals surface area contributed by atoms with Gasteiger partial charge in [0.25, 0.3) is 0 Å². The minimum absolute atomic E-state index is 0.140. The van der Waals surface area contributed by atoms with Gasteiger partial charge in [-0.3, -0.25) is 4.79 Å². The number of amides is 1. The van der Waals surface area contributed by atoms with Crippen LogP contribution in [0.4, 0.5) is 0 Å². The zero-order valence-corrected chi connectivity index (χ0v) is 11.9. The van der Waals surface area contributed by atoms with E-state index in [0.29, 0.717) is 19.0 Å². The molecule has 3 nitrogen and oxygen atoms in total. The number of carbonyl (C=O) groups excluding carboxylic acids is 1. The van der Waals surface area contributed by atoms with E-state index in [-0.39, 0.29) is 11.3 Å². The molecule has 3 N–H and O–H groups in total. The van der Waals surface area contributed by atoms with Crippen molar-refractivity contribution in [2.24, 2.45) is 17.1 Å². The molecule has 0 aromatic heterocycles. The average Bonchev–Trinajstić information content (AvgIpc) is 2.34. The molecule has 1 aromatic carbocycles. The lowest BCUT2D eigenvalue weighted by molar-refractivity contribution is -0.138. The van der Waals surface area contributed by atoms with Crippen molar-refractivity contribution in [1.82, 2.24) is 5.32 Å². The Morgan fingerprint density at radius 3 is 2.79 bits per heavy atom. The summed E-state index contributed by atoms with van der Waals surface area (Å²) in [4.78, 5) is 12.2. The van der Waals surface area contributed by atoms with E-state index in [9.17, 15) is 4.79 Å². The highest BCUT2D eigenvalue weighted by molar-refractivity contribution is 5.83. The Morgan fingerprint density at radius 2 is 2.21 bits per heavy atom. The number of aryl methyl sites for hydroxylation is 1. The van der Waals surface area contributed by atoms with Gasteiger partial charge in [0, 0.05) is 13.1 Å². The van der Waals surface area contributed by atoms with E-state index in [0.717, 1.165) is 19.3 Å². The summed E-state index contributed by atoms with van der Waals surface area (Å²) in [5.74, 6) is 0.770. The van der Waals surface area contributed by atoms with Gasteiger partial charge in [-0.2, -0.15) is 0 Å². The van der Waals surface area contributed by atoms with Crippen molar-refractivity contribution < 1.29 is 4.79 Å². The fourth-order valence-corrected chi connectivity index (χ4v) is 3.09. The van der Waals surface area contributed by atoms with Gasteiger partial charge in [-0.25, -0.2) is 0 Å². The van der Waals surface area contributed by atoms with Crippen molar-refractivity contribution in [2.75, 3.05) is 13.1 Å². The smallest absolute Gasteiger partial charge is 0.227 e. The van der Waals surface area contributed by atoms with Gasteiger partial charge in [0.1, 0.15) is 0 Å². The highest BCUT2D eigenvalue weighted by atomic mass is 16.2. The minimum Gasteiger partial charge on any atom is -0.355 e. The van der Waals surface area contributed by atoms with Crippen LogP contribution in [0.3, 0.4) is 0 Å². The van der Waals surface area contributed by atoms with E-state index >= 15 is 0 Å². The molecule has 0 spiro atoms. The standard InChI is InChI=1S/C16H24N2O/c1-12-4-3-5-14(8-12)6-7-18-15(19)16(11-17)9-13(2)10-16/h3-5,8,13H,6-7,9-11,17H2,1-2H3,(H,18,19). The molecule has 0 heterocycles. The molecule has 19 heavy (non-hydrogen) atoms. The summed E-state index contributed by atoms with van der Waals surface area (Å²) in [5.41, 5.74) is 8.02. The van der Waals surface area contributed by atoms with Crippen molar-refractivity contribution in [3.8, 4) is 0 Å². The zero-order chi connectivity index (χ0) is 13.9. The van der Waals surface area contributed by atoms with Crippen LogP contribution in [0.5, 0.6) is 0 Å². The molecule has 1 saturated carbocycles. The van der Waals surface area contributed by atoms with Crippen LogP contribution in [0, 0.1) is 18.3 Å². The van der Waals surface area contributed by atoms with E-state index < -0.39 is 0 Å². The van der Waals surface area contributed by atoms with E-state index in [1.807, 2.05) is 0 Å². The van der Waals surface area contributed by atoms with Crippen LogP contribution in [-0.4, -0.2) is 19.0 Å². The minimum atomic E-state index is -0.286. The molecular weight excluding hydrogens is 236 g/mol. The first-order chi connectivity index (χ1) is 9.05. The first-order valence-corrected chi connectivity index (χ1v) is 7.10. The molecule has 1 aliphatic carbocycles. The molecule has 1 aliphatic rings. The van der Waals surface area contributed by atoms with Crippen LogP contribution in [0.1, 0.15) is 30.9 Å². The summed E-state index contributed by atoms with van der Waals surface area (Å²) < 4.78 is 0. The summed E-state index contributed by atoms with van der Waals surface area (Å²) >= 11 is 0. The van der Waals surface area contributed by atoms with Crippen LogP contribution in [0.2, 0.25) is 0 Å². The highest BCUT2D eigenvalue weighted by Crippen LogP contribution is 2.44. The largest absolute Gasteiger partial charge is 0.355 e. The molecular formula is C16H24N2O. The van der Waals surface area contributed by atoms with Crippen LogP contribution in [-0.2, 0) is 11.2 Å². The van der Waals surface area contributed by atoms with Crippen molar-refractivity contribution in [1.29, 1.82) is 0 Å². The number of rotatable bonds is 5. The SMILES string of the molecule is Cc1cccc(CCNC(=O)C2(CN)CC(C)C2)c1. The van der Waals surface area contributed by atoms with Gasteiger partial charge >= 0.3 is 0 Å². The predicted molar refractivity (Wildman–Crippen MR) is 77.8 cm³/mol. The monoisotopic (exact) mass is 260 g/mol. The third-order valence-corrected chi connectivity index (χ3v) is 4.13. The highest BCUT2D eigenvalue weighted by Gasteiger charge is 2.46. The molecule has 1 amide bonds. The molecule has 1 aromatic rings. The molecule has 2 rings (SSSR count). The third kappa shape index (κ3) is 3.16. The fourth-order valence-electron chi connectivity index (χ4n) is 3.09. The van der Waals surface area contributed by atoms with Crippen LogP contribution < -0.4 is 11.1 Å². The Bertz CT molecular complexity index is 450. The normalized spacial score (nSPS) is 25.7. The van der Waals surface area contributed by atoms with E-state index in [1.165, 1.54) is 11.1 Å². The van der Waals surface area contributed by atoms with Crippen LogP contribution >= 0.6 is 0 Å². The van der Waals surface area contributed by atoms with Gasteiger partial charge in [0.2, 0.25) is 5.91 Å². The Morgan fingerprint density at radius 1 is 1.47 bits per heavy atom. The predicted octanol–water partition coefficient (Wildman–Crippen LogP) is 2.03. The quantitative estimate of drug-likeness (QED) is 0.851. The van der Waals surface area contributed by atoms with Crippen molar-refractivity contribution in [3.05, 3.63) is 35.4 Å². The van der Waals surface area contributed by atoms with E-state index in [4.69, 9.17) is 5.73 Å². The van der Waals surface area contributed by atoms with Gasteiger partial charge in [0.15, 0.2) is 0 Å². The molecule has 0 bridgehead atoms. The second-order valence-electron chi connectivity index (χ2n) is 5.99. The molecule has 0 radical (unpaired) electrons. The summed E-state index contributed by atoms with van der Waals surface area (Å²) in [6.45, 7) is 5.42. The molecule has 104 valence electrons. The number of benzene rings is 1. The topological polar surface area (TPSA) is 55.1 Å². The number of carbonyl (C=O) groups is 1. The Kier molecular flexibility index (Phi) is 4.25. The summed E-state index contributed by atoms with van der Waals surface area (Å²) in [7, 11) is 0. The van der Waals surface area contributed by atoms with E-state index in [1.54, 1.807) is 0 Å². The van der Waals surface area contributed by atoms with Crippen LogP contribution in [0.15, 0.2) is 24.3 Å². The van der Waals surface area contributed by atoms with Crippen molar-refractivity contribution in [2.45, 2.75) is 33.1 Å². The maximum atomic E-state index is 12.2. The second kappa shape index (κ2) is 5.74. The molecule has 1 fully saturated rings. The summed E-state index contributed by atoms with van der Waals surface area (Å²) in [6, 6.07) is 8.41. The lowest BCUT2D eigenvalue weighted by atomic mass is 9.62. The van der Waals surface area contributed by atoms with Gasteiger partial charge in [0.05, 0.1) is 5.41 Å². The maximum Gasteiger partial charge on any atom is 0.227 e. The second-order valence-corrected chi connectivity index (χ2v) is 5.99. The maximum absolute atomic E-state index is 12.2. The summed E-state index contributed by atoms with van der Waals surface area (Å²) in [6.07, 6.45) is 2.74. The number of nitrogens with one attached hydrogen (secondary N) is 1. The molecule has 0 saturated heterocycles. The van der Waals surface area contributed by atoms with Gasteiger partial charge in [-0.05, 0) is 37.7 Å². The number of nitrogens with two attached hydrogens (primary N) is 1. The third-order valence-electron chi connectivity index (χ3n) is 4.13.